The quantitative estimate of drug-likeness (QED) is 0.399. The molecule has 0 fully saturated rings. The van der Waals surface area contributed by atoms with Gasteiger partial charge in [-0.05, 0) is 68.4 Å². The number of nitrogens with zero attached hydrogens (tertiary/aromatic N) is 2. The Balaban J connectivity index is 1.71. The van der Waals surface area contributed by atoms with Crippen LogP contribution in [-0.2, 0) is 35.5 Å². The van der Waals surface area contributed by atoms with Crippen molar-refractivity contribution in [3.63, 3.8) is 0 Å². The van der Waals surface area contributed by atoms with Crippen LogP contribution in [0, 0.1) is 5.82 Å². The molecule has 3 rings (SSSR count). The lowest BCUT2D eigenvalue weighted by molar-refractivity contribution is -0.137. The van der Waals surface area contributed by atoms with Crippen molar-refractivity contribution < 1.29 is 19.1 Å². The Labute approximate surface area is 201 Å². The molecule has 34 heavy (non-hydrogen) atoms. The number of hydrogen-bond donors (Lipinski definition) is 1. The van der Waals surface area contributed by atoms with Crippen LogP contribution in [0.2, 0.25) is 0 Å². The third-order valence-corrected chi connectivity index (χ3v) is 6.46. The number of aromatic nitrogens is 1. The van der Waals surface area contributed by atoms with Crippen LogP contribution in [-0.4, -0.2) is 33.0 Å². The summed E-state index contributed by atoms with van der Waals surface area (Å²) in [6.45, 7) is 8.15. The summed E-state index contributed by atoms with van der Waals surface area (Å²) in [5.41, 5.74) is 5.85. The maximum absolute atomic E-state index is 13.2. The number of hydrogen-bond acceptors (Lipinski definition) is 2. The van der Waals surface area contributed by atoms with E-state index in [-0.39, 0.29) is 18.1 Å². The minimum absolute atomic E-state index is 0.132. The number of benzene rings is 1. The number of allylic oxidation sites excluding steroid dienone is 1. The average molecular weight is 467 g/mol. The number of carboxylic acids is 1. The molecule has 0 unspecified atom stereocenters. The largest absolute Gasteiger partial charge is 0.481 e. The number of carbonyl (C=O) groups excluding carboxylic acids is 1. The highest BCUT2D eigenvalue weighted by Crippen LogP contribution is 2.31. The Hall–Kier alpha value is -3.15. The van der Waals surface area contributed by atoms with Crippen molar-refractivity contribution >= 4 is 24.0 Å². The zero-order valence-electron chi connectivity index (χ0n) is 20.1. The smallest absolute Gasteiger partial charge is 0.303 e. The lowest BCUT2D eigenvalue weighted by atomic mass is 10.0. The number of carbonyl (C=O) groups is 2. The molecule has 0 atom stereocenters. The number of halogens is 1. The third-order valence-electron chi connectivity index (χ3n) is 6.46. The average Bonchev–Trinajstić information content (AvgIpc) is 3.12. The fraction of sp³-hybridized carbons (Fsp3) is 0.429. The predicted octanol–water partition coefficient (Wildman–Crippen LogP) is 5.86. The van der Waals surface area contributed by atoms with E-state index in [4.69, 9.17) is 5.11 Å². The number of fused-ring (bicyclic) bond motifs is 1. The van der Waals surface area contributed by atoms with E-state index in [9.17, 15) is 14.0 Å². The van der Waals surface area contributed by atoms with Gasteiger partial charge in [0, 0.05) is 42.9 Å². The maximum Gasteiger partial charge on any atom is 0.303 e. The molecule has 0 aliphatic carbocycles. The lowest BCUT2D eigenvalue weighted by Gasteiger charge is -2.29. The van der Waals surface area contributed by atoms with Crippen LogP contribution in [0.1, 0.15) is 73.5 Å². The maximum atomic E-state index is 13.2. The number of aryl methyl sites for hydroxylation is 1. The van der Waals surface area contributed by atoms with E-state index in [0.717, 1.165) is 49.9 Å². The van der Waals surface area contributed by atoms with Crippen molar-refractivity contribution in [3.05, 3.63) is 70.8 Å². The van der Waals surface area contributed by atoms with E-state index in [1.54, 1.807) is 0 Å². The Morgan fingerprint density at radius 3 is 2.53 bits per heavy atom. The number of amides is 1. The highest BCUT2D eigenvalue weighted by atomic mass is 19.1. The number of carboxylic acid groups (broad SMARTS) is 1. The van der Waals surface area contributed by atoms with Gasteiger partial charge in [0.05, 0.1) is 6.54 Å². The molecule has 0 saturated heterocycles. The second-order valence-corrected chi connectivity index (χ2v) is 8.83. The minimum atomic E-state index is -0.787. The normalized spacial score (nSPS) is 13.3. The summed E-state index contributed by atoms with van der Waals surface area (Å²) < 4.78 is 15.5. The Bertz CT molecular complexity index is 1040. The molecule has 1 amide bonds. The van der Waals surface area contributed by atoms with E-state index >= 15 is 0 Å². The van der Waals surface area contributed by atoms with Crippen LogP contribution < -0.4 is 0 Å². The Kier molecular flexibility index (Phi) is 9.25. The van der Waals surface area contributed by atoms with Gasteiger partial charge >= 0.3 is 5.97 Å². The second kappa shape index (κ2) is 12.4. The molecule has 1 N–H and O–H groups in total. The van der Waals surface area contributed by atoms with Gasteiger partial charge in [0.1, 0.15) is 5.82 Å². The Morgan fingerprint density at radius 1 is 1.12 bits per heavy atom. The van der Waals surface area contributed by atoms with Crippen LogP contribution in [0.15, 0.2) is 36.9 Å². The van der Waals surface area contributed by atoms with E-state index in [0.29, 0.717) is 25.9 Å². The number of unbranched alkanes of at least 4 members (excludes halogenated alkanes) is 2. The van der Waals surface area contributed by atoms with Crippen molar-refractivity contribution in [3.8, 4) is 0 Å². The highest BCUT2D eigenvalue weighted by molar-refractivity contribution is 5.77. The lowest BCUT2D eigenvalue weighted by Crippen LogP contribution is -2.36. The molecule has 0 saturated carbocycles. The van der Waals surface area contributed by atoms with Gasteiger partial charge in [-0.2, -0.15) is 0 Å². The van der Waals surface area contributed by atoms with Gasteiger partial charge in [0.15, 0.2) is 0 Å². The number of aliphatic carboxylic acids is 1. The zero-order chi connectivity index (χ0) is 24.5. The molecule has 0 bridgehead atoms. The summed E-state index contributed by atoms with van der Waals surface area (Å²) in [4.78, 5) is 25.5. The van der Waals surface area contributed by atoms with Gasteiger partial charge < -0.3 is 14.6 Å². The van der Waals surface area contributed by atoms with Gasteiger partial charge in [0.2, 0.25) is 5.91 Å². The van der Waals surface area contributed by atoms with Crippen molar-refractivity contribution in [1.82, 2.24) is 9.47 Å². The first-order valence-corrected chi connectivity index (χ1v) is 12.2. The molecule has 2 heterocycles. The highest BCUT2D eigenvalue weighted by Gasteiger charge is 2.27. The van der Waals surface area contributed by atoms with Crippen LogP contribution in [0.5, 0.6) is 0 Å². The molecule has 1 aliphatic rings. The first-order chi connectivity index (χ1) is 16.4. The van der Waals surface area contributed by atoms with Crippen molar-refractivity contribution in [2.75, 3.05) is 6.54 Å². The molecule has 1 aromatic carbocycles. The third kappa shape index (κ3) is 6.46. The SMILES string of the molecule is C=Cc1c(/C=C\C)c2c(n1CCCc1ccc(F)cc1)CN(C(=O)CCCCCC(=O)O)CC2. The first kappa shape index (κ1) is 25.5. The van der Waals surface area contributed by atoms with Crippen molar-refractivity contribution in [1.29, 1.82) is 0 Å². The molecular weight excluding hydrogens is 431 g/mol. The molecule has 1 aliphatic heterocycles. The van der Waals surface area contributed by atoms with Crippen molar-refractivity contribution in [2.45, 2.75) is 71.4 Å². The summed E-state index contributed by atoms with van der Waals surface area (Å²) in [6.07, 6.45) is 11.3. The summed E-state index contributed by atoms with van der Waals surface area (Å²) >= 11 is 0. The standard InChI is InChI=1S/C28H35FN2O3/c1-3-9-23-24-17-19-30(27(32)11-6-5-7-12-28(33)34)20-26(24)31(25(23)4-2)18-8-10-21-13-15-22(29)16-14-21/h3-4,9,13-16H,2,5-8,10-12,17-20H2,1H3,(H,33,34)/b9-3-. The summed E-state index contributed by atoms with van der Waals surface area (Å²) in [7, 11) is 0. The molecule has 182 valence electrons. The summed E-state index contributed by atoms with van der Waals surface area (Å²) in [5.74, 6) is -0.877. The van der Waals surface area contributed by atoms with Crippen LogP contribution in [0.4, 0.5) is 4.39 Å². The van der Waals surface area contributed by atoms with Crippen LogP contribution in [0.3, 0.4) is 0 Å². The summed E-state index contributed by atoms with van der Waals surface area (Å²) in [5, 5.41) is 8.76. The topological polar surface area (TPSA) is 62.5 Å². The van der Waals surface area contributed by atoms with Gasteiger partial charge in [-0.3, -0.25) is 9.59 Å². The summed E-state index contributed by atoms with van der Waals surface area (Å²) in [6, 6.07) is 6.66. The fourth-order valence-corrected chi connectivity index (χ4v) is 4.75. The second-order valence-electron chi connectivity index (χ2n) is 8.83. The molecule has 6 heteroatoms. The predicted molar refractivity (Wildman–Crippen MR) is 134 cm³/mol. The number of rotatable bonds is 12. The monoisotopic (exact) mass is 466 g/mol. The van der Waals surface area contributed by atoms with Crippen LogP contribution in [0.25, 0.3) is 12.2 Å². The van der Waals surface area contributed by atoms with Crippen molar-refractivity contribution in [2.24, 2.45) is 0 Å². The first-order valence-electron chi connectivity index (χ1n) is 12.2. The van der Waals surface area contributed by atoms with Gasteiger partial charge in [-0.25, -0.2) is 4.39 Å². The molecule has 2 aromatic rings. The van der Waals surface area contributed by atoms with E-state index in [2.05, 4.69) is 17.2 Å². The minimum Gasteiger partial charge on any atom is -0.481 e. The molecule has 5 nitrogen and oxygen atoms in total. The zero-order valence-corrected chi connectivity index (χ0v) is 20.1. The molecular formula is C28H35FN2O3. The van der Waals surface area contributed by atoms with E-state index in [1.165, 1.54) is 29.0 Å². The molecule has 1 aromatic heterocycles. The fourth-order valence-electron chi connectivity index (χ4n) is 4.75. The van der Waals surface area contributed by atoms with Gasteiger partial charge in [-0.1, -0.05) is 37.3 Å². The van der Waals surface area contributed by atoms with Gasteiger partial charge in [-0.15, -0.1) is 0 Å². The molecule has 0 radical (unpaired) electrons. The van der Waals surface area contributed by atoms with E-state index in [1.807, 2.05) is 36.1 Å². The van der Waals surface area contributed by atoms with E-state index < -0.39 is 5.97 Å². The Morgan fingerprint density at radius 2 is 1.85 bits per heavy atom. The van der Waals surface area contributed by atoms with Gasteiger partial charge in [0.25, 0.3) is 0 Å². The van der Waals surface area contributed by atoms with Crippen LogP contribution >= 0.6 is 0 Å². The molecule has 0 spiro atoms.